The molecule has 1 heterocycles. The van der Waals surface area contributed by atoms with Crippen molar-refractivity contribution in [3.05, 3.63) is 34.9 Å². The first-order valence-corrected chi connectivity index (χ1v) is 6.68. The Kier molecular flexibility index (Phi) is 4.09. The van der Waals surface area contributed by atoms with E-state index in [2.05, 4.69) is 21.7 Å². The van der Waals surface area contributed by atoms with Crippen LogP contribution >= 0.6 is 0 Å². The maximum absolute atomic E-state index is 12.3. The van der Waals surface area contributed by atoms with Crippen molar-refractivity contribution in [3.63, 3.8) is 0 Å². The molecule has 2 N–H and O–H groups in total. The number of amides is 1. The van der Waals surface area contributed by atoms with Crippen molar-refractivity contribution < 1.29 is 9.53 Å². The second-order valence-electron chi connectivity index (χ2n) is 5.25. The van der Waals surface area contributed by atoms with Gasteiger partial charge < -0.3 is 10.1 Å². The van der Waals surface area contributed by atoms with Gasteiger partial charge in [-0.25, -0.2) is 0 Å². The van der Waals surface area contributed by atoms with E-state index in [0.29, 0.717) is 19.1 Å². The van der Waals surface area contributed by atoms with Gasteiger partial charge in [0.15, 0.2) is 5.96 Å². The van der Waals surface area contributed by atoms with Gasteiger partial charge in [-0.05, 0) is 31.9 Å². The van der Waals surface area contributed by atoms with Crippen molar-refractivity contribution in [2.24, 2.45) is 4.99 Å². The van der Waals surface area contributed by atoms with Gasteiger partial charge in [-0.2, -0.15) is 0 Å². The fraction of sp³-hybridized carbons (Fsp3) is 0.467. The molecular formula is C15H21N3O2. The van der Waals surface area contributed by atoms with E-state index in [1.54, 1.807) is 7.11 Å². The number of ether oxygens (including phenoxy) is 1. The van der Waals surface area contributed by atoms with Gasteiger partial charge in [-0.1, -0.05) is 23.8 Å². The molecule has 1 atom stereocenters. The number of hydrogen-bond donors (Lipinski definition) is 2. The summed E-state index contributed by atoms with van der Waals surface area (Å²) >= 11 is 0. The summed E-state index contributed by atoms with van der Waals surface area (Å²) in [4.78, 5) is 16.6. The molecule has 1 unspecified atom stereocenters. The van der Waals surface area contributed by atoms with Gasteiger partial charge in [0.2, 0.25) is 0 Å². The highest BCUT2D eigenvalue weighted by Gasteiger charge is 2.43. The minimum absolute atomic E-state index is 0.0828. The number of guanidine groups is 1. The van der Waals surface area contributed by atoms with Gasteiger partial charge in [0, 0.05) is 7.11 Å². The van der Waals surface area contributed by atoms with Crippen molar-refractivity contribution in [3.8, 4) is 0 Å². The molecule has 5 nitrogen and oxygen atoms in total. The molecule has 2 rings (SSSR count). The predicted molar refractivity (Wildman–Crippen MR) is 78.7 cm³/mol. The summed E-state index contributed by atoms with van der Waals surface area (Å²) in [6, 6.07) is 6.09. The lowest BCUT2D eigenvalue weighted by atomic mass is 9.88. The third-order valence-electron chi connectivity index (χ3n) is 3.54. The molecule has 1 aromatic carbocycles. The lowest BCUT2D eigenvalue weighted by Gasteiger charge is -2.24. The summed E-state index contributed by atoms with van der Waals surface area (Å²) in [7, 11) is 1.63. The Morgan fingerprint density at radius 2 is 2.10 bits per heavy atom. The summed E-state index contributed by atoms with van der Waals surface area (Å²) < 4.78 is 4.95. The number of aryl methyl sites for hydroxylation is 2. The second kappa shape index (κ2) is 5.63. The summed E-state index contributed by atoms with van der Waals surface area (Å²) in [6.45, 7) is 6.98. The third-order valence-corrected chi connectivity index (χ3v) is 3.54. The van der Waals surface area contributed by atoms with Crippen LogP contribution in [-0.2, 0) is 15.1 Å². The molecule has 0 spiro atoms. The quantitative estimate of drug-likeness (QED) is 0.813. The second-order valence-corrected chi connectivity index (χ2v) is 5.25. The molecule has 0 saturated carbocycles. The van der Waals surface area contributed by atoms with Crippen LogP contribution in [0.1, 0.15) is 23.6 Å². The maximum Gasteiger partial charge on any atom is 0.256 e. The SMILES string of the molecule is COCCN=C1NC(=O)C(C)(c2ccc(C)cc2C)N1. The van der Waals surface area contributed by atoms with Gasteiger partial charge in [0.25, 0.3) is 5.91 Å². The maximum atomic E-state index is 12.3. The highest BCUT2D eigenvalue weighted by Crippen LogP contribution is 2.27. The van der Waals surface area contributed by atoms with Crippen LogP contribution in [0, 0.1) is 13.8 Å². The zero-order valence-electron chi connectivity index (χ0n) is 12.4. The van der Waals surface area contributed by atoms with Crippen molar-refractivity contribution >= 4 is 11.9 Å². The smallest absolute Gasteiger partial charge is 0.256 e. The third kappa shape index (κ3) is 2.67. The standard InChI is InChI=1S/C15H21N3O2/c1-10-5-6-12(11(2)9-10)15(3)13(19)17-14(18-15)16-7-8-20-4/h5-6,9H,7-8H2,1-4H3,(H2,16,17,18,19). The van der Waals surface area contributed by atoms with Crippen LogP contribution in [-0.4, -0.2) is 32.1 Å². The number of rotatable bonds is 4. The van der Waals surface area contributed by atoms with Gasteiger partial charge in [0.05, 0.1) is 13.2 Å². The van der Waals surface area contributed by atoms with Crippen molar-refractivity contribution in [2.45, 2.75) is 26.3 Å². The molecule has 1 amide bonds. The number of nitrogens with one attached hydrogen (secondary N) is 2. The summed E-state index contributed by atoms with van der Waals surface area (Å²) in [5.74, 6) is 0.426. The molecule has 1 saturated heterocycles. The molecule has 108 valence electrons. The Morgan fingerprint density at radius 3 is 2.75 bits per heavy atom. The van der Waals surface area contributed by atoms with E-state index in [1.165, 1.54) is 5.56 Å². The Balaban J connectivity index is 2.26. The molecule has 5 heteroatoms. The molecule has 0 bridgehead atoms. The monoisotopic (exact) mass is 275 g/mol. The van der Waals surface area contributed by atoms with Crippen LogP contribution in [0.15, 0.2) is 23.2 Å². The van der Waals surface area contributed by atoms with Crippen molar-refractivity contribution in [1.29, 1.82) is 0 Å². The highest BCUT2D eigenvalue weighted by molar-refractivity contribution is 6.09. The van der Waals surface area contributed by atoms with E-state index in [1.807, 2.05) is 32.9 Å². The minimum atomic E-state index is -0.774. The molecule has 1 aliphatic heterocycles. The van der Waals surface area contributed by atoms with E-state index in [9.17, 15) is 4.79 Å². The zero-order chi connectivity index (χ0) is 14.8. The molecule has 0 aliphatic carbocycles. The van der Waals surface area contributed by atoms with E-state index >= 15 is 0 Å². The van der Waals surface area contributed by atoms with Crippen molar-refractivity contribution in [2.75, 3.05) is 20.3 Å². The lowest BCUT2D eigenvalue weighted by Crippen LogP contribution is -2.41. The Labute approximate surface area is 119 Å². The van der Waals surface area contributed by atoms with E-state index in [-0.39, 0.29) is 5.91 Å². The van der Waals surface area contributed by atoms with Gasteiger partial charge in [-0.15, -0.1) is 0 Å². The first-order chi connectivity index (χ1) is 9.47. The topological polar surface area (TPSA) is 62.7 Å². The van der Waals surface area contributed by atoms with Gasteiger partial charge >= 0.3 is 0 Å². The molecular weight excluding hydrogens is 254 g/mol. The lowest BCUT2D eigenvalue weighted by molar-refractivity contribution is -0.123. The highest BCUT2D eigenvalue weighted by atomic mass is 16.5. The fourth-order valence-corrected chi connectivity index (χ4v) is 2.45. The number of hydrogen-bond acceptors (Lipinski definition) is 3. The van der Waals surface area contributed by atoms with Crippen LogP contribution in [0.5, 0.6) is 0 Å². The van der Waals surface area contributed by atoms with Crippen LogP contribution in [0.3, 0.4) is 0 Å². The van der Waals surface area contributed by atoms with Crippen molar-refractivity contribution in [1.82, 2.24) is 10.6 Å². The first-order valence-electron chi connectivity index (χ1n) is 6.68. The summed E-state index contributed by atoms with van der Waals surface area (Å²) in [5.41, 5.74) is 2.47. The number of carbonyl (C=O) groups excluding carboxylic acids is 1. The Morgan fingerprint density at radius 1 is 1.35 bits per heavy atom. The van der Waals surface area contributed by atoms with E-state index in [4.69, 9.17) is 4.74 Å². The van der Waals surface area contributed by atoms with Crippen LogP contribution in [0.4, 0.5) is 0 Å². The van der Waals surface area contributed by atoms with E-state index in [0.717, 1.165) is 11.1 Å². The van der Waals surface area contributed by atoms with E-state index < -0.39 is 5.54 Å². The number of aliphatic imine (C=N–C) groups is 1. The zero-order valence-corrected chi connectivity index (χ0v) is 12.4. The summed E-state index contributed by atoms with van der Waals surface area (Å²) in [6.07, 6.45) is 0. The van der Waals surface area contributed by atoms with Crippen LogP contribution in [0.25, 0.3) is 0 Å². The molecule has 1 aromatic rings. The molecule has 1 aliphatic rings. The number of nitrogens with zero attached hydrogens (tertiary/aromatic N) is 1. The largest absolute Gasteiger partial charge is 0.383 e. The van der Waals surface area contributed by atoms with Crippen LogP contribution in [0.2, 0.25) is 0 Å². The van der Waals surface area contributed by atoms with Crippen LogP contribution < -0.4 is 10.6 Å². The minimum Gasteiger partial charge on any atom is -0.383 e. The molecule has 0 radical (unpaired) electrons. The Bertz CT molecular complexity index is 554. The molecule has 0 aromatic heterocycles. The molecule has 1 fully saturated rings. The van der Waals surface area contributed by atoms with Gasteiger partial charge in [0.1, 0.15) is 5.54 Å². The molecule has 20 heavy (non-hydrogen) atoms. The summed E-state index contributed by atoms with van der Waals surface area (Å²) in [5, 5.41) is 5.97. The number of benzene rings is 1. The normalized spacial score (nSPS) is 23.8. The van der Waals surface area contributed by atoms with Gasteiger partial charge in [-0.3, -0.25) is 15.1 Å². The number of carbonyl (C=O) groups is 1. The fourth-order valence-electron chi connectivity index (χ4n) is 2.45. The predicted octanol–water partition coefficient (Wildman–Crippen LogP) is 1.24. The first kappa shape index (κ1) is 14.5. The average molecular weight is 275 g/mol. The Hall–Kier alpha value is -1.88. The number of methoxy groups -OCH3 is 1. The average Bonchev–Trinajstić information content (AvgIpc) is 2.66.